The Morgan fingerprint density at radius 3 is 2.62 bits per heavy atom. The van der Waals surface area contributed by atoms with Crippen molar-refractivity contribution in [3.05, 3.63) is 29.6 Å². The molecular weight excluding hydrogens is 283 g/mol. The number of halogens is 3. The molecule has 4 nitrogen and oxygen atoms in total. The minimum atomic E-state index is -4.45. The quantitative estimate of drug-likeness (QED) is 0.880. The molecule has 0 spiro atoms. The van der Waals surface area contributed by atoms with E-state index in [2.05, 4.69) is 15.6 Å². The minimum absolute atomic E-state index is 0.00651. The molecule has 0 aromatic carbocycles. The monoisotopic (exact) mass is 301 g/mol. The molecule has 1 fully saturated rings. The van der Waals surface area contributed by atoms with Gasteiger partial charge in [-0.15, -0.1) is 0 Å². The summed E-state index contributed by atoms with van der Waals surface area (Å²) >= 11 is 0. The molecule has 1 amide bonds. The van der Waals surface area contributed by atoms with Crippen LogP contribution in [0, 0.1) is 5.92 Å². The highest BCUT2D eigenvalue weighted by Gasteiger charge is 2.32. The number of nitrogens with zero attached hydrogens (tertiary/aromatic N) is 1. The van der Waals surface area contributed by atoms with E-state index in [-0.39, 0.29) is 17.8 Å². The summed E-state index contributed by atoms with van der Waals surface area (Å²) in [4.78, 5) is 15.7. The summed E-state index contributed by atoms with van der Waals surface area (Å²) in [5.74, 6) is -0.143. The largest absolute Gasteiger partial charge is 0.417 e. The number of hydrogen-bond donors (Lipinski definition) is 2. The molecule has 1 aliphatic heterocycles. The maximum absolute atomic E-state index is 12.4. The number of nitrogens with one attached hydrogen (secondary N) is 2. The van der Waals surface area contributed by atoms with Crippen molar-refractivity contribution in [3.8, 4) is 0 Å². The summed E-state index contributed by atoms with van der Waals surface area (Å²) in [6, 6.07) is 2.03. The number of carbonyl (C=O) groups excluding carboxylic acids is 1. The van der Waals surface area contributed by atoms with Crippen LogP contribution in [0.1, 0.15) is 36.3 Å². The van der Waals surface area contributed by atoms with Crippen molar-refractivity contribution in [3.63, 3.8) is 0 Å². The molecule has 2 N–H and O–H groups in total. The number of rotatable bonds is 2. The van der Waals surface area contributed by atoms with E-state index in [0.717, 1.165) is 25.1 Å². The molecule has 1 aromatic rings. The summed E-state index contributed by atoms with van der Waals surface area (Å²) in [5, 5.41) is 6.11. The molecular formula is C14H18F3N3O. The second-order valence-electron chi connectivity index (χ2n) is 5.44. The number of carbonyl (C=O) groups is 1. The molecule has 116 valence electrons. The fraction of sp³-hybridized carbons (Fsp3) is 0.571. The van der Waals surface area contributed by atoms with Crippen molar-refractivity contribution in [2.45, 2.75) is 38.5 Å². The van der Waals surface area contributed by atoms with Gasteiger partial charge in [-0.3, -0.25) is 9.78 Å². The highest BCUT2D eigenvalue weighted by molar-refractivity contribution is 5.92. The normalized spacial score (nSPS) is 26.4. The minimum Gasteiger partial charge on any atom is -0.346 e. The summed E-state index contributed by atoms with van der Waals surface area (Å²) < 4.78 is 37.3. The second-order valence-corrected chi connectivity index (χ2v) is 5.44. The lowest BCUT2D eigenvalue weighted by Crippen LogP contribution is -2.56. The van der Waals surface area contributed by atoms with Crippen molar-refractivity contribution in [1.82, 2.24) is 15.6 Å². The fourth-order valence-electron chi connectivity index (χ4n) is 2.53. The smallest absolute Gasteiger partial charge is 0.346 e. The number of alkyl halides is 3. The molecule has 1 aromatic heterocycles. The highest BCUT2D eigenvalue weighted by Crippen LogP contribution is 2.28. The van der Waals surface area contributed by atoms with Gasteiger partial charge in [0.05, 0.1) is 5.56 Å². The van der Waals surface area contributed by atoms with Gasteiger partial charge in [0.15, 0.2) is 0 Å². The molecule has 3 atom stereocenters. The second kappa shape index (κ2) is 6.01. The zero-order valence-corrected chi connectivity index (χ0v) is 11.9. The number of pyridine rings is 1. The van der Waals surface area contributed by atoms with Crippen molar-refractivity contribution < 1.29 is 18.0 Å². The summed E-state index contributed by atoms with van der Waals surface area (Å²) in [5.41, 5.74) is -0.868. The molecule has 1 saturated heterocycles. The molecule has 0 radical (unpaired) electrons. The number of hydrogen-bond acceptors (Lipinski definition) is 3. The van der Waals surface area contributed by atoms with Crippen molar-refractivity contribution >= 4 is 5.91 Å². The first-order chi connectivity index (χ1) is 9.79. The van der Waals surface area contributed by atoms with Gasteiger partial charge in [-0.1, -0.05) is 6.92 Å². The van der Waals surface area contributed by atoms with Gasteiger partial charge >= 0.3 is 6.18 Å². The zero-order chi connectivity index (χ0) is 15.6. The topological polar surface area (TPSA) is 54.0 Å². The predicted octanol–water partition coefficient (Wildman–Crippen LogP) is 2.22. The van der Waals surface area contributed by atoms with E-state index in [4.69, 9.17) is 0 Å². The summed E-state index contributed by atoms with van der Waals surface area (Å²) in [6.07, 6.45) is -2.82. The molecule has 1 aliphatic rings. The maximum Gasteiger partial charge on any atom is 0.417 e. The van der Waals surface area contributed by atoms with Crippen molar-refractivity contribution in [1.29, 1.82) is 0 Å². The average Bonchev–Trinajstić information content (AvgIpc) is 2.42. The van der Waals surface area contributed by atoms with E-state index in [1.165, 1.54) is 0 Å². The SMILES string of the molecule is CC1CCNC(C)C1NC(=O)c1ccc(C(F)(F)F)cn1. The van der Waals surface area contributed by atoms with Crippen molar-refractivity contribution in [2.24, 2.45) is 5.92 Å². The summed E-state index contributed by atoms with van der Waals surface area (Å²) in [7, 11) is 0. The van der Waals surface area contributed by atoms with E-state index in [1.807, 2.05) is 13.8 Å². The first kappa shape index (κ1) is 15.8. The van der Waals surface area contributed by atoms with Crippen LogP contribution in [0.4, 0.5) is 13.2 Å². The van der Waals surface area contributed by atoms with Gasteiger partial charge in [-0.2, -0.15) is 13.2 Å². The van der Waals surface area contributed by atoms with Crippen LogP contribution in [0.3, 0.4) is 0 Å². The van der Waals surface area contributed by atoms with E-state index in [9.17, 15) is 18.0 Å². The molecule has 0 aliphatic carbocycles. The number of piperidine rings is 1. The first-order valence-corrected chi connectivity index (χ1v) is 6.86. The third-order valence-electron chi connectivity index (χ3n) is 3.84. The van der Waals surface area contributed by atoms with E-state index >= 15 is 0 Å². The highest BCUT2D eigenvalue weighted by atomic mass is 19.4. The Kier molecular flexibility index (Phi) is 4.51. The lowest BCUT2D eigenvalue weighted by molar-refractivity contribution is -0.137. The van der Waals surface area contributed by atoms with Crippen LogP contribution in [0.25, 0.3) is 0 Å². The van der Waals surface area contributed by atoms with Crippen LogP contribution >= 0.6 is 0 Å². The van der Waals surface area contributed by atoms with Gasteiger partial charge in [0.2, 0.25) is 0 Å². The van der Waals surface area contributed by atoms with Gasteiger partial charge in [0.1, 0.15) is 5.69 Å². The lowest BCUT2D eigenvalue weighted by atomic mass is 9.89. The Bertz CT molecular complexity index is 491. The lowest BCUT2D eigenvalue weighted by Gasteiger charge is -2.35. The van der Waals surface area contributed by atoms with Crippen LogP contribution < -0.4 is 10.6 Å². The molecule has 0 bridgehead atoms. The van der Waals surface area contributed by atoms with Gasteiger partial charge in [-0.05, 0) is 37.9 Å². The average molecular weight is 301 g/mol. The van der Waals surface area contributed by atoms with Gasteiger partial charge in [-0.25, -0.2) is 0 Å². The zero-order valence-electron chi connectivity index (χ0n) is 11.9. The van der Waals surface area contributed by atoms with Gasteiger partial charge < -0.3 is 10.6 Å². The standard InChI is InChI=1S/C14H18F3N3O/c1-8-5-6-18-9(2)12(8)20-13(21)11-4-3-10(7-19-11)14(15,16)17/h3-4,7-9,12,18H,5-6H2,1-2H3,(H,20,21). The molecule has 3 unspecified atom stereocenters. The molecule has 2 rings (SSSR count). The van der Waals surface area contributed by atoms with E-state index < -0.39 is 17.6 Å². The van der Waals surface area contributed by atoms with Crippen LogP contribution in [-0.4, -0.2) is 29.5 Å². The molecule has 21 heavy (non-hydrogen) atoms. The Labute approximate surface area is 121 Å². The van der Waals surface area contributed by atoms with E-state index in [1.54, 1.807) is 0 Å². The molecule has 2 heterocycles. The Hall–Kier alpha value is -1.63. The Morgan fingerprint density at radius 1 is 1.38 bits per heavy atom. The molecule has 0 saturated carbocycles. The Morgan fingerprint density at radius 2 is 2.10 bits per heavy atom. The Balaban J connectivity index is 2.06. The van der Waals surface area contributed by atoms with E-state index in [0.29, 0.717) is 12.1 Å². The van der Waals surface area contributed by atoms with Crippen LogP contribution in [0.5, 0.6) is 0 Å². The number of aromatic nitrogens is 1. The van der Waals surface area contributed by atoms with Crippen LogP contribution in [-0.2, 0) is 6.18 Å². The summed E-state index contributed by atoms with van der Waals surface area (Å²) in [6.45, 7) is 4.91. The van der Waals surface area contributed by atoms with Gasteiger partial charge in [0.25, 0.3) is 5.91 Å². The van der Waals surface area contributed by atoms with Crippen LogP contribution in [0.15, 0.2) is 18.3 Å². The third kappa shape index (κ3) is 3.72. The fourth-order valence-corrected chi connectivity index (χ4v) is 2.53. The van der Waals surface area contributed by atoms with Crippen LogP contribution in [0.2, 0.25) is 0 Å². The third-order valence-corrected chi connectivity index (χ3v) is 3.84. The van der Waals surface area contributed by atoms with Gasteiger partial charge in [0, 0.05) is 18.3 Å². The maximum atomic E-state index is 12.4. The van der Waals surface area contributed by atoms with Crippen molar-refractivity contribution in [2.75, 3.05) is 6.54 Å². The number of amides is 1. The molecule has 7 heteroatoms. The predicted molar refractivity (Wildman–Crippen MR) is 71.7 cm³/mol. The first-order valence-electron chi connectivity index (χ1n) is 6.86.